The molecule has 0 aromatic carbocycles. The Bertz CT molecular complexity index is 661. The number of carbonyl (C=O) groups excluding carboxylic acids is 2. The molecule has 1 aromatic rings. The number of amides is 3. The third kappa shape index (κ3) is 5.38. The van der Waals surface area contributed by atoms with E-state index in [0.717, 1.165) is 0 Å². The van der Waals surface area contributed by atoms with E-state index in [1.807, 2.05) is 0 Å². The number of ether oxygens (including phenoxy) is 3. The maximum atomic E-state index is 11.9. The first-order valence-corrected chi connectivity index (χ1v) is 9.26. The van der Waals surface area contributed by atoms with Crippen molar-refractivity contribution in [2.75, 3.05) is 32.1 Å². The molecule has 3 heterocycles. The van der Waals surface area contributed by atoms with Crippen LogP contribution in [-0.2, 0) is 19.0 Å². The fourth-order valence-electron chi connectivity index (χ4n) is 3.39. The molecule has 3 amide bonds. The van der Waals surface area contributed by atoms with Gasteiger partial charge in [-0.05, 0) is 12.1 Å². The van der Waals surface area contributed by atoms with Crippen molar-refractivity contribution in [3.63, 3.8) is 0 Å². The fraction of sp³-hybridized carbons (Fsp3) is 0.611. The lowest BCUT2D eigenvalue weighted by molar-refractivity contribution is -0.124. The molecule has 0 aliphatic carbocycles. The summed E-state index contributed by atoms with van der Waals surface area (Å²) < 4.78 is 16.5. The maximum absolute atomic E-state index is 11.9. The van der Waals surface area contributed by atoms with Gasteiger partial charge in [0, 0.05) is 32.8 Å². The largest absolute Gasteiger partial charge is 0.388 e. The molecule has 28 heavy (non-hydrogen) atoms. The van der Waals surface area contributed by atoms with E-state index in [2.05, 4.69) is 20.9 Å². The zero-order valence-electron chi connectivity index (χ0n) is 15.7. The summed E-state index contributed by atoms with van der Waals surface area (Å²) in [5.41, 5.74) is 0.569. The predicted octanol–water partition coefficient (Wildman–Crippen LogP) is -0.358. The Labute approximate surface area is 162 Å². The zero-order valence-corrected chi connectivity index (χ0v) is 15.7. The minimum atomic E-state index is -0.870. The van der Waals surface area contributed by atoms with Gasteiger partial charge in [0.25, 0.3) is 0 Å². The number of pyridine rings is 1. The van der Waals surface area contributed by atoms with Crippen LogP contribution in [0.4, 0.5) is 10.5 Å². The van der Waals surface area contributed by atoms with E-state index in [1.165, 1.54) is 6.20 Å². The minimum Gasteiger partial charge on any atom is -0.388 e. The van der Waals surface area contributed by atoms with E-state index in [9.17, 15) is 14.7 Å². The second kappa shape index (κ2) is 9.78. The number of aliphatic hydroxyl groups is 1. The van der Waals surface area contributed by atoms with Crippen LogP contribution in [0.25, 0.3) is 0 Å². The Morgan fingerprint density at radius 3 is 2.93 bits per heavy atom. The van der Waals surface area contributed by atoms with Crippen molar-refractivity contribution in [1.29, 1.82) is 0 Å². The summed E-state index contributed by atoms with van der Waals surface area (Å²) in [6.45, 7) is 1.04. The van der Waals surface area contributed by atoms with Crippen molar-refractivity contribution in [2.24, 2.45) is 0 Å². The summed E-state index contributed by atoms with van der Waals surface area (Å²) in [5.74, 6) is -0.123. The van der Waals surface area contributed by atoms with Crippen molar-refractivity contribution < 1.29 is 28.9 Å². The van der Waals surface area contributed by atoms with E-state index >= 15 is 0 Å². The third-order valence-corrected chi connectivity index (χ3v) is 4.70. The van der Waals surface area contributed by atoms with Crippen molar-refractivity contribution in [3.8, 4) is 0 Å². The first-order chi connectivity index (χ1) is 13.6. The highest BCUT2D eigenvalue weighted by Gasteiger charge is 2.50. The van der Waals surface area contributed by atoms with Gasteiger partial charge in [-0.3, -0.25) is 9.78 Å². The third-order valence-electron chi connectivity index (χ3n) is 4.70. The van der Waals surface area contributed by atoms with Crippen LogP contribution in [-0.4, -0.2) is 79.4 Å². The molecular weight excluding hydrogens is 368 g/mol. The summed E-state index contributed by atoms with van der Waals surface area (Å²) in [6, 6.07) is 3.02. The number of urea groups is 1. The Balaban J connectivity index is 1.38. The van der Waals surface area contributed by atoms with E-state index in [1.54, 1.807) is 25.4 Å². The Morgan fingerprint density at radius 2 is 2.21 bits per heavy atom. The molecule has 10 heteroatoms. The van der Waals surface area contributed by atoms with E-state index < -0.39 is 24.3 Å². The molecule has 10 nitrogen and oxygen atoms in total. The van der Waals surface area contributed by atoms with Crippen molar-refractivity contribution in [1.82, 2.24) is 15.6 Å². The van der Waals surface area contributed by atoms with Gasteiger partial charge in [-0.1, -0.05) is 0 Å². The normalized spacial score (nSPS) is 28.6. The molecule has 0 bridgehead atoms. The first-order valence-electron chi connectivity index (χ1n) is 9.26. The number of anilines is 1. The van der Waals surface area contributed by atoms with Gasteiger partial charge in [0.05, 0.1) is 37.1 Å². The molecule has 2 aliphatic heterocycles. The van der Waals surface area contributed by atoms with Gasteiger partial charge in [0.15, 0.2) is 0 Å². The Hall–Kier alpha value is -2.27. The number of hydrogen-bond acceptors (Lipinski definition) is 7. The van der Waals surface area contributed by atoms with Crippen LogP contribution < -0.4 is 16.0 Å². The lowest BCUT2D eigenvalue weighted by Crippen LogP contribution is -2.42. The second-order valence-corrected chi connectivity index (χ2v) is 6.79. The van der Waals surface area contributed by atoms with Crippen LogP contribution in [0.5, 0.6) is 0 Å². The molecule has 0 saturated carbocycles. The SMILES string of the molecule is COCCNC(=O)C[C@@H]1C[C@H]2O[C@H](CNC(=O)Nc3cccnc3)[C@@H](O)[C@H]2O1. The molecule has 4 N–H and O–H groups in total. The van der Waals surface area contributed by atoms with Gasteiger partial charge in [-0.15, -0.1) is 0 Å². The summed E-state index contributed by atoms with van der Waals surface area (Å²) in [5, 5.41) is 18.5. The number of fused-ring (bicyclic) bond motifs is 1. The van der Waals surface area contributed by atoms with Crippen LogP contribution in [0.15, 0.2) is 24.5 Å². The monoisotopic (exact) mass is 394 g/mol. The highest BCUT2D eigenvalue weighted by Crippen LogP contribution is 2.35. The Kier molecular flexibility index (Phi) is 7.15. The topological polar surface area (TPSA) is 131 Å². The number of carbonyl (C=O) groups is 2. The van der Waals surface area contributed by atoms with Crippen LogP contribution >= 0.6 is 0 Å². The average Bonchev–Trinajstić information content (AvgIpc) is 3.19. The van der Waals surface area contributed by atoms with Crippen LogP contribution in [0.3, 0.4) is 0 Å². The highest BCUT2D eigenvalue weighted by atomic mass is 16.6. The summed E-state index contributed by atoms with van der Waals surface area (Å²) in [7, 11) is 1.57. The Morgan fingerprint density at radius 1 is 1.36 bits per heavy atom. The summed E-state index contributed by atoms with van der Waals surface area (Å²) >= 11 is 0. The number of aliphatic hydroxyl groups excluding tert-OH is 1. The molecule has 154 valence electrons. The number of hydrogen-bond donors (Lipinski definition) is 4. The molecule has 2 fully saturated rings. The standard InChI is InChI=1S/C18H26N4O6/c1-26-6-5-20-15(23)8-12-7-13-17(27-12)16(24)14(28-13)10-21-18(25)22-11-3-2-4-19-9-11/h2-4,9,12-14,16-17,24H,5-8,10H2,1H3,(H,20,23)(H2,21,22,25)/t12-,13+,14+,16+,17-/m0/s1. The molecule has 0 unspecified atom stereocenters. The van der Waals surface area contributed by atoms with Gasteiger partial charge in [0.2, 0.25) is 5.91 Å². The van der Waals surface area contributed by atoms with Crippen LogP contribution in [0.1, 0.15) is 12.8 Å². The molecule has 2 aliphatic rings. The number of methoxy groups -OCH3 is 1. The number of nitrogens with zero attached hydrogens (tertiary/aromatic N) is 1. The zero-order chi connectivity index (χ0) is 19.9. The van der Waals surface area contributed by atoms with Gasteiger partial charge >= 0.3 is 6.03 Å². The van der Waals surface area contributed by atoms with Gasteiger partial charge in [-0.25, -0.2) is 4.79 Å². The smallest absolute Gasteiger partial charge is 0.319 e. The summed E-state index contributed by atoms with van der Waals surface area (Å²) in [4.78, 5) is 27.7. The van der Waals surface area contributed by atoms with E-state index in [0.29, 0.717) is 25.3 Å². The average molecular weight is 394 g/mol. The maximum Gasteiger partial charge on any atom is 0.319 e. The molecule has 5 atom stereocenters. The molecule has 0 radical (unpaired) electrons. The predicted molar refractivity (Wildman–Crippen MR) is 98.7 cm³/mol. The van der Waals surface area contributed by atoms with Gasteiger partial charge in [-0.2, -0.15) is 0 Å². The molecule has 1 aromatic heterocycles. The quantitative estimate of drug-likeness (QED) is 0.443. The number of rotatable bonds is 8. The first kappa shape index (κ1) is 20.5. The molecule has 2 saturated heterocycles. The molecule has 3 rings (SSSR count). The van der Waals surface area contributed by atoms with Crippen LogP contribution in [0.2, 0.25) is 0 Å². The van der Waals surface area contributed by atoms with Crippen molar-refractivity contribution >= 4 is 17.6 Å². The second-order valence-electron chi connectivity index (χ2n) is 6.79. The van der Waals surface area contributed by atoms with Crippen LogP contribution in [0, 0.1) is 0 Å². The van der Waals surface area contributed by atoms with Gasteiger partial charge in [0.1, 0.15) is 18.3 Å². The molecule has 0 spiro atoms. The van der Waals surface area contributed by atoms with Crippen molar-refractivity contribution in [2.45, 2.75) is 43.4 Å². The highest BCUT2D eigenvalue weighted by molar-refractivity contribution is 5.88. The van der Waals surface area contributed by atoms with E-state index in [4.69, 9.17) is 14.2 Å². The number of nitrogens with one attached hydrogen (secondary N) is 3. The fourth-order valence-corrected chi connectivity index (χ4v) is 3.39. The summed E-state index contributed by atoms with van der Waals surface area (Å²) in [6.07, 6.45) is 1.36. The number of aromatic nitrogens is 1. The van der Waals surface area contributed by atoms with Gasteiger partial charge < -0.3 is 35.3 Å². The lowest BCUT2D eigenvalue weighted by Gasteiger charge is -2.20. The van der Waals surface area contributed by atoms with Crippen molar-refractivity contribution in [3.05, 3.63) is 24.5 Å². The lowest BCUT2D eigenvalue weighted by atomic mass is 10.1. The minimum absolute atomic E-state index is 0.123. The van der Waals surface area contributed by atoms with E-state index in [-0.39, 0.29) is 31.1 Å². The molecular formula is C18H26N4O6.